The summed E-state index contributed by atoms with van der Waals surface area (Å²) >= 11 is 0. The minimum Gasteiger partial charge on any atom is -0.396 e. The van der Waals surface area contributed by atoms with Crippen LogP contribution in [0, 0.1) is 5.41 Å². The van der Waals surface area contributed by atoms with E-state index in [2.05, 4.69) is 26.2 Å². The highest BCUT2D eigenvalue weighted by atomic mass is 16.5. The number of rotatable bonds is 5. The van der Waals surface area contributed by atoms with E-state index >= 15 is 0 Å². The lowest BCUT2D eigenvalue weighted by Gasteiger charge is -2.46. The van der Waals surface area contributed by atoms with Crippen LogP contribution >= 0.6 is 0 Å². The number of hydrogen-bond acceptors (Lipinski definition) is 7. The fourth-order valence-electron chi connectivity index (χ4n) is 5.44. The topological polar surface area (TPSA) is 111 Å². The molecule has 3 aromatic heterocycles. The van der Waals surface area contributed by atoms with Gasteiger partial charge in [0.05, 0.1) is 43.9 Å². The molecule has 9 nitrogen and oxygen atoms in total. The number of aryl methyl sites for hydroxylation is 1. The van der Waals surface area contributed by atoms with E-state index < -0.39 is 11.0 Å². The number of hydrogen-bond donors (Lipinski definition) is 2. The van der Waals surface area contributed by atoms with Crippen molar-refractivity contribution in [2.24, 2.45) is 12.5 Å². The Morgan fingerprint density at radius 3 is 2.51 bits per heavy atom. The van der Waals surface area contributed by atoms with Gasteiger partial charge in [-0.3, -0.25) is 9.36 Å². The third-order valence-corrected chi connectivity index (χ3v) is 7.66. The monoisotopic (exact) mass is 472 g/mol. The van der Waals surface area contributed by atoms with Gasteiger partial charge in [0, 0.05) is 65.9 Å². The van der Waals surface area contributed by atoms with Gasteiger partial charge in [-0.1, -0.05) is 18.2 Å². The first kappa shape index (κ1) is 22.1. The molecule has 0 bridgehead atoms. The van der Waals surface area contributed by atoms with Crippen LogP contribution in [0.5, 0.6) is 0 Å². The van der Waals surface area contributed by atoms with Gasteiger partial charge in [-0.15, -0.1) is 0 Å². The normalized spacial score (nSPS) is 26.1. The van der Waals surface area contributed by atoms with Crippen LogP contribution < -0.4 is 0 Å². The number of benzene rings is 1. The second kappa shape index (κ2) is 8.37. The predicted molar refractivity (Wildman–Crippen MR) is 129 cm³/mol. The molecule has 3 unspecified atom stereocenters. The first-order valence-corrected chi connectivity index (χ1v) is 11.9. The first-order chi connectivity index (χ1) is 17.0. The summed E-state index contributed by atoms with van der Waals surface area (Å²) in [6, 6.07) is 8.16. The molecule has 3 atom stereocenters. The third-order valence-electron chi connectivity index (χ3n) is 7.66. The molecule has 4 heterocycles. The van der Waals surface area contributed by atoms with Crippen LogP contribution in [0.1, 0.15) is 25.3 Å². The Bertz CT molecular complexity index is 1350. The fourth-order valence-corrected chi connectivity index (χ4v) is 5.44. The average Bonchev–Trinajstić information content (AvgIpc) is 3.62. The Morgan fingerprint density at radius 1 is 0.971 bits per heavy atom. The highest BCUT2D eigenvalue weighted by molar-refractivity contribution is 5.70. The maximum Gasteiger partial charge on any atom is 0.159 e. The molecule has 0 amide bonds. The van der Waals surface area contributed by atoms with Crippen LogP contribution in [0.15, 0.2) is 61.4 Å². The molecule has 0 spiro atoms. The molecule has 35 heavy (non-hydrogen) atoms. The van der Waals surface area contributed by atoms with E-state index in [4.69, 9.17) is 4.74 Å². The summed E-state index contributed by atoms with van der Waals surface area (Å²) in [5, 5.41) is 30.0. The molecule has 1 aliphatic carbocycles. The van der Waals surface area contributed by atoms with Gasteiger partial charge < -0.3 is 14.9 Å². The maximum atomic E-state index is 11.2. The predicted octanol–water partition coefficient (Wildman–Crippen LogP) is 2.87. The van der Waals surface area contributed by atoms with Crippen molar-refractivity contribution in [3.8, 4) is 33.6 Å². The van der Waals surface area contributed by atoms with Crippen molar-refractivity contribution in [3.05, 3.63) is 61.4 Å². The average molecular weight is 473 g/mol. The molecule has 2 aliphatic rings. The Labute approximate surface area is 203 Å². The Morgan fingerprint density at radius 2 is 1.74 bits per heavy atom. The van der Waals surface area contributed by atoms with Crippen molar-refractivity contribution in [1.29, 1.82) is 0 Å². The van der Waals surface area contributed by atoms with Gasteiger partial charge in [-0.25, -0.2) is 9.97 Å². The summed E-state index contributed by atoms with van der Waals surface area (Å²) in [5.41, 5.74) is 3.28. The molecule has 0 radical (unpaired) electrons. The second-order valence-electron chi connectivity index (χ2n) is 9.85. The molecule has 1 saturated heterocycles. The zero-order chi connectivity index (χ0) is 24.0. The molecule has 6 rings (SSSR count). The molecule has 180 valence electrons. The number of aliphatic hydroxyl groups is 2. The summed E-state index contributed by atoms with van der Waals surface area (Å²) in [6.07, 6.45) is 13.3. The molecule has 4 aromatic rings. The van der Waals surface area contributed by atoms with Crippen LogP contribution in [0.3, 0.4) is 0 Å². The maximum absolute atomic E-state index is 11.2. The standard InChI is InChI=1S/C26H28N6O3/c1-31-13-21(11-29-31)18-3-2-4-19(7-18)24-27-9-20(10-28-24)22-12-30-32(14-22)23-5-6-25(15-33)16-35-17-26(25,34)8-23/h2-4,7,9-14,23,33-34H,5-6,8,15-17H2,1H3. The summed E-state index contributed by atoms with van der Waals surface area (Å²) in [5.74, 6) is 0.656. The van der Waals surface area contributed by atoms with Crippen LogP contribution in [0.25, 0.3) is 33.6 Å². The largest absolute Gasteiger partial charge is 0.396 e. The van der Waals surface area contributed by atoms with Crippen LogP contribution in [0.2, 0.25) is 0 Å². The number of fused-ring (bicyclic) bond motifs is 1. The van der Waals surface area contributed by atoms with Gasteiger partial charge in [0.2, 0.25) is 0 Å². The Kier molecular flexibility index (Phi) is 5.28. The van der Waals surface area contributed by atoms with Crippen molar-refractivity contribution in [1.82, 2.24) is 29.5 Å². The summed E-state index contributed by atoms with van der Waals surface area (Å²) in [4.78, 5) is 9.22. The smallest absolute Gasteiger partial charge is 0.159 e. The number of aliphatic hydroxyl groups excluding tert-OH is 1. The first-order valence-electron chi connectivity index (χ1n) is 11.9. The van der Waals surface area contributed by atoms with E-state index in [9.17, 15) is 10.2 Å². The van der Waals surface area contributed by atoms with Gasteiger partial charge in [-0.2, -0.15) is 10.2 Å². The van der Waals surface area contributed by atoms with Gasteiger partial charge in [0.1, 0.15) is 0 Å². The van der Waals surface area contributed by atoms with E-state index in [-0.39, 0.29) is 19.3 Å². The number of ether oxygens (including phenoxy) is 1. The molecular formula is C26H28N6O3. The van der Waals surface area contributed by atoms with Gasteiger partial charge in [-0.05, 0) is 24.5 Å². The highest BCUT2D eigenvalue weighted by Gasteiger charge is 2.58. The lowest BCUT2D eigenvalue weighted by atomic mass is 9.64. The van der Waals surface area contributed by atoms with E-state index in [1.807, 2.05) is 67.1 Å². The third kappa shape index (κ3) is 3.76. The molecule has 2 fully saturated rings. The van der Waals surface area contributed by atoms with E-state index in [1.54, 1.807) is 4.68 Å². The lowest BCUT2D eigenvalue weighted by Crippen LogP contribution is -2.54. The van der Waals surface area contributed by atoms with Crippen molar-refractivity contribution in [2.45, 2.75) is 30.9 Å². The van der Waals surface area contributed by atoms with Crippen LogP contribution in [-0.2, 0) is 11.8 Å². The zero-order valence-electron chi connectivity index (χ0n) is 19.6. The fraction of sp³-hybridized carbons (Fsp3) is 0.385. The molecule has 1 aliphatic heterocycles. The quantitative estimate of drug-likeness (QED) is 0.459. The minimum atomic E-state index is -1.02. The summed E-state index contributed by atoms with van der Waals surface area (Å²) < 4.78 is 9.27. The van der Waals surface area contributed by atoms with E-state index in [1.165, 1.54) is 0 Å². The number of nitrogens with zero attached hydrogens (tertiary/aromatic N) is 6. The Balaban J connectivity index is 1.20. The highest BCUT2D eigenvalue weighted by Crippen LogP contribution is 2.51. The van der Waals surface area contributed by atoms with Crippen LogP contribution in [-0.4, -0.2) is 65.2 Å². The van der Waals surface area contributed by atoms with Crippen molar-refractivity contribution >= 4 is 0 Å². The molecule has 9 heteroatoms. The van der Waals surface area contributed by atoms with Gasteiger partial charge >= 0.3 is 0 Å². The van der Waals surface area contributed by atoms with Crippen LogP contribution in [0.4, 0.5) is 0 Å². The molecular weight excluding hydrogens is 444 g/mol. The summed E-state index contributed by atoms with van der Waals surface area (Å²) in [7, 11) is 1.90. The van der Waals surface area contributed by atoms with Crippen molar-refractivity contribution in [3.63, 3.8) is 0 Å². The van der Waals surface area contributed by atoms with Gasteiger partial charge in [0.25, 0.3) is 0 Å². The second-order valence-corrected chi connectivity index (χ2v) is 9.85. The minimum absolute atomic E-state index is 0.0468. The Hall–Kier alpha value is -3.40. The molecule has 1 aromatic carbocycles. The lowest BCUT2D eigenvalue weighted by molar-refractivity contribution is -0.114. The van der Waals surface area contributed by atoms with Gasteiger partial charge in [0.15, 0.2) is 5.82 Å². The zero-order valence-corrected chi connectivity index (χ0v) is 19.6. The van der Waals surface area contributed by atoms with E-state index in [0.717, 1.165) is 34.2 Å². The van der Waals surface area contributed by atoms with Crippen molar-refractivity contribution < 1.29 is 14.9 Å². The number of aromatic nitrogens is 6. The van der Waals surface area contributed by atoms with E-state index in [0.29, 0.717) is 25.3 Å². The van der Waals surface area contributed by atoms with Crippen molar-refractivity contribution in [2.75, 3.05) is 19.8 Å². The SMILES string of the molecule is Cn1cc(-c2cccc(-c3ncc(-c4cnn(C5CCC6(CO)COCC6(O)C5)c4)cn3)c2)cn1. The molecule has 2 N–H and O–H groups in total. The summed E-state index contributed by atoms with van der Waals surface area (Å²) in [6.45, 7) is 0.608. The molecule has 1 saturated carbocycles.